The van der Waals surface area contributed by atoms with Gasteiger partial charge in [-0.25, -0.2) is 4.68 Å². The highest BCUT2D eigenvalue weighted by Gasteiger charge is 2.35. The van der Waals surface area contributed by atoms with E-state index in [2.05, 4.69) is 15.4 Å². The van der Waals surface area contributed by atoms with Crippen molar-refractivity contribution >= 4 is 11.6 Å². The van der Waals surface area contributed by atoms with Crippen molar-refractivity contribution in [1.82, 2.24) is 14.8 Å². The lowest BCUT2D eigenvalue weighted by Crippen LogP contribution is -2.32. The number of carbonyl (C=O) groups excluding carboxylic acids is 1. The molecule has 0 aromatic carbocycles. The quantitative estimate of drug-likeness (QED) is 0.824. The third-order valence-corrected chi connectivity index (χ3v) is 4.91. The maximum absolute atomic E-state index is 13.5. The van der Waals surface area contributed by atoms with Crippen molar-refractivity contribution < 1.29 is 23.0 Å². The number of halogens is 2. The molecule has 1 N–H and O–H groups in total. The third kappa shape index (κ3) is 3.57. The van der Waals surface area contributed by atoms with Crippen LogP contribution in [0.25, 0.3) is 11.3 Å². The maximum Gasteiger partial charge on any atom is 0.333 e. The largest absolute Gasteiger partial charge is 0.348 e. The van der Waals surface area contributed by atoms with E-state index in [1.54, 1.807) is 19.1 Å². The van der Waals surface area contributed by atoms with Crippen molar-refractivity contribution in [3.63, 3.8) is 0 Å². The Morgan fingerprint density at radius 2 is 2.11 bits per heavy atom. The van der Waals surface area contributed by atoms with E-state index in [0.29, 0.717) is 35.2 Å². The summed E-state index contributed by atoms with van der Waals surface area (Å²) in [6.45, 7) is -1.07. The average molecular weight is 380 g/mol. The van der Waals surface area contributed by atoms with Gasteiger partial charge < -0.3 is 14.8 Å². The van der Waals surface area contributed by atoms with E-state index in [0.717, 1.165) is 0 Å². The number of carbonyl (C=O) groups is 1. The molecule has 1 aliphatic heterocycles. The molecule has 0 aliphatic carbocycles. The summed E-state index contributed by atoms with van der Waals surface area (Å²) in [5, 5.41) is 6.47. The molecule has 1 atom stereocenters. The van der Waals surface area contributed by atoms with Gasteiger partial charge in [0.05, 0.1) is 17.6 Å². The number of aromatic nitrogens is 3. The number of hydrogen-bond acceptors (Lipinski definition) is 5. The lowest BCUT2D eigenvalue weighted by molar-refractivity contribution is -0.223. The minimum atomic E-state index is -2.86. The van der Waals surface area contributed by atoms with E-state index < -0.39 is 12.3 Å². The van der Waals surface area contributed by atoms with Gasteiger partial charge >= 0.3 is 6.55 Å². The number of anilines is 1. The Kier molecular flexibility index (Phi) is 5.52. The van der Waals surface area contributed by atoms with Gasteiger partial charge in [0.2, 0.25) is 11.7 Å². The monoisotopic (exact) mass is 380 g/mol. The first-order valence-electron chi connectivity index (χ1n) is 8.65. The standard InChI is InChI=1S/C18H22F2N4O3/c1-11-5-4-7-18(26-2,27-3)14-9-12(6-8-21-14)15-13(23-16(11)25)10-22-24(15)17(19)20/h6,8-11,17H,4-5,7H2,1-3H3,(H,23,25)/t11-/m1/s1. The SMILES string of the molecule is COC1(OC)CCC[C@@H](C)C(=O)Nc2cnn(C(F)F)c2-c2ccnc1c2. The number of hydrogen-bond donors (Lipinski definition) is 1. The second kappa shape index (κ2) is 7.69. The topological polar surface area (TPSA) is 78.3 Å². The summed E-state index contributed by atoms with van der Waals surface area (Å²) in [6, 6.07) is 3.21. The van der Waals surface area contributed by atoms with Gasteiger partial charge in [0, 0.05) is 38.3 Å². The van der Waals surface area contributed by atoms with E-state index in [4.69, 9.17) is 9.47 Å². The van der Waals surface area contributed by atoms with Crippen LogP contribution >= 0.6 is 0 Å². The first-order chi connectivity index (χ1) is 12.9. The summed E-state index contributed by atoms with van der Waals surface area (Å²) < 4.78 is 38.8. The number of alkyl halides is 2. The van der Waals surface area contributed by atoms with Crippen LogP contribution in [0.1, 0.15) is 38.4 Å². The molecule has 1 amide bonds. The zero-order valence-corrected chi connectivity index (χ0v) is 15.4. The second-order valence-electron chi connectivity index (χ2n) is 6.50. The summed E-state index contributed by atoms with van der Waals surface area (Å²) in [6.07, 6.45) is 4.44. The summed E-state index contributed by atoms with van der Waals surface area (Å²) in [7, 11) is 3.02. The van der Waals surface area contributed by atoms with E-state index >= 15 is 0 Å². The Bertz CT molecular complexity index is 821. The maximum atomic E-state index is 13.5. The number of nitrogens with zero attached hydrogens (tertiary/aromatic N) is 3. The van der Waals surface area contributed by atoms with E-state index in [9.17, 15) is 13.6 Å². The Morgan fingerprint density at radius 3 is 2.78 bits per heavy atom. The summed E-state index contributed by atoms with van der Waals surface area (Å²) in [4.78, 5) is 16.8. The molecule has 0 radical (unpaired) electrons. The number of rotatable bonds is 3. The second-order valence-corrected chi connectivity index (χ2v) is 6.50. The molecule has 0 unspecified atom stereocenters. The van der Waals surface area contributed by atoms with Crippen LogP contribution in [0.15, 0.2) is 24.5 Å². The van der Waals surface area contributed by atoms with Crippen LogP contribution < -0.4 is 5.32 Å². The molecule has 0 spiro atoms. The molecule has 1 aliphatic rings. The average Bonchev–Trinajstić information content (AvgIpc) is 3.08. The highest BCUT2D eigenvalue weighted by atomic mass is 19.3. The van der Waals surface area contributed by atoms with Crippen LogP contribution in [0.3, 0.4) is 0 Å². The van der Waals surface area contributed by atoms with Crippen LogP contribution in [0.4, 0.5) is 14.5 Å². The summed E-state index contributed by atoms with van der Waals surface area (Å²) in [5.74, 6) is -1.69. The van der Waals surface area contributed by atoms with Gasteiger partial charge in [-0.2, -0.15) is 13.9 Å². The van der Waals surface area contributed by atoms with Crippen LogP contribution in [0.5, 0.6) is 0 Å². The smallest absolute Gasteiger partial charge is 0.333 e. The number of methoxy groups -OCH3 is 2. The number of fused-ring (bicyclic) bond motifs is 4. The van der Waals surface area contributed by atoms with Crippen LogP contribution in [-0.2, 0) is 20.1 Å². The molecule has 0 saturated heterocycles. The van der Waals surface area contributed by atoms with Crippen LogP contribution in [-0.4, -0.2) is 34.9 Å². The van der Waals surface area contributed by atoms with E-state index in [1.807, 2.05) is 0 Å². The number of ether oxygens (including phenoxy) is 2. The van der Waals surface area contributed by atoms with Crippen molar-refractivity contribution in [2.45, 2.75) is 38.5 Å². The third-order valence-electron chi connectivity index (χ3n) is 4.91. The fourth-order valence-corrected chi connectivity index (χ4v) is 3.33. The molecule has 0 saturated carbocycles. The number of pyridine rings is 1. The van der Waals surface area contributed by atoms with Gasteiger partial charge in [-0.05, 0) is 25.0 Å². The van der Waals surface area contributed by atoms with Crippen LogP contribution in [0.2, 0.25) is 0 Å². The van der Waals surface area contributed by atoms with Crippen molar-refractivity contribution in [1.29, 1.82) is 0 Å². The highest BCUT2D eigenvalue weighted by Crippen LogP contribution is 2.37. The zero-order valence-electron chi connectivity index (χ0n) is 15.4. The zero-order chi connectivity index (χ0) is 19.6. The van der Waals surface area contributed by atoms with Crippen molar-refractivity contribution in [2.75, 3.05) is 19.5 Å². The Hall–Kier alpha value is -2.39. The number of nitrogens with one attached hydrogen (secondary N) is 1. The lowest BCUT2D eigenvalue weighted by atomic mass is 9.96. The highest BCUT2D eigenvalue weighted by molar-refractivity contribution is 5.95. The molecular weight excluding hydrogens is 358 g/mol. The Labute approximate surface area is 155 Å². The molecule has 3 heterocycles. The van der Waals surface area contributed by atoms with Gasteiger partial charge in [0.25, 0.3) is 0 Å². The van der Waals surface area contributed by atoms with Gasteiger partial charge in [-0.1, -0.05) is 6.92 Å². The van der Waals surface area contributed by atoms with Gasteiger partial charge in [-0.3, -0.25) is 9.78 Å². The summed E-state index contributed by atoms with van der Waals surface area (Å²) in [5.41, 5.74) is 1.23. The number of amides is 1. The lowest BCUT2D eigenvalue weighted by Gasteiger charge is -2.31. The van der Waals surface area contributed by atoms with Crippen LogP contribution in [0, 0.1) is 5.92 Å². The molecule has 2 aromatic heterocycles. The summed E-state index contributed by atoms with van der Waals surface area (Å²) >= 11 is 0. The van der Waals surface area contributed by atoms with Gasteiger partial charge in [-0.15, -0.1) is 0 Å². The molecule has 9 heteroatoms. The molecular formula is C18H22F2N4O3. The first-order valence-corrected chi connectivity index (χ1v) is 8.65. The minimum absolute atomic E-state index is 0.107. The molecule has 7 nitrogen and oxygen atoms in total. The van der Waals surface area contributed by atoms with Gasteiger partial charge in [0.15, 0.2) is 0 Å². The molecule has 146 valence electrons. The van der Waals surface area contributed by atoms with Crippen molar-refractivity contribution in [3.8, 4) is 11.3 Å². The van der Waals surface area contributed by atoms with Crippen molar-refractivity contribution in [2.24, 2.45) is 5.92 Å². The van der Waals surface area contributed by atoms with Crippen molar-refractivity contribution in [3.05, 3.63) is 30.2 Å². The Morgan fingerprint density at radius 1 is 1.37 bits per heavy atom. The predicted molar refractivity (Wildman–Crippen MR) is 94.1 cm³/mol. The predicted octanol–water partition coefficient (Wildman–Crippen LogP) is 3.54. The molecule has 0 fully saturated rings. The fraction of sp³-hybridized carbons (Fsp3) is 0.500. The van der Waals surface area contributed by atoms with E-state index in [1.165, 1.54) is 26.6 Å². The fourth-order valence-electron chi connectivity index (χ4n) is 3.33. The normalized spacial score (nSPS) is 19.8. The molecule has 2 aromatic rings. The first kappa shape index (κ1) is 19.4. The molecule has 3 rings (SSSR count). The Balaban J connectivity index is 2.21. The molecule has 27 heavy (non-hydrogen) atoms. The van der Waals surface area contributed by atoms with Gasteiger partial charge in [0.1, 0.15) is 5.69 Å². The molecule has 2 bridgehead atoms. The van der Waals surface area contributed by atoms with E-state index in [-0.39, 0.29) is 23.2 Å². The minimum Gasteiger partial charge on any atom is -0.348 e.